The predicted octanol–water partition coefficient (Wildman–Crippen LogP) is 4.52. The molecule has 0 saturated heterocycles. The van der Waals surface area contributed by atoms with E-state index in [0.717, 1.165) is 16.7 Å². The number of rotatable bonds is 8. The Kier molecular flexibility index (Phi) is 6.81. The molecule has 1 aromatic heterocycles. The average Bonchev–Trinajstić information content (AvgIpc) is 3.17. The van der Waals surface area contributed by atoms with Crippen LogP contribution in [-0.4, -0.2) is 28.1 Å². The third kappa shape index (κ3) is 5.53. The second-order valence-electron chi connectivity index (χ2n) is 5.75. The van der Waals surface area contributed by atoms with Gasteiger partial charge >= 0.3 is 0 Å². The number of halogens is 2. The Morgan fingerprint density at radius 1 is 1.22 bits per heavy atom. The lowest BCUT2D eigenvalue weighted by atomic mass is 10.1. The van der Waals surface area contributed by atoms with Crippen LogP contribution in [0.4, 0.5) is 0 Å². The summed E-state index contributed by atoms with van der Waals surface area (Å²) in [5.74, 6) is 0. The van der Waals surface area contributed by atoms with Crippen molar-refractivity contribution in [3.63, 3.8) is 0 Å². The number of benzene rings is 2. The summed E-state index contributed by atoms with van der Waals surface area (Å²) in [5.41, 5.74) is 2.77. The first-order chi connectivity index (χ1) is 13.2. The number of hydrogen-bond acceptors (Lipinski definition) is 5. The van der Waals surface area contributed by atoms with Gasteiger partial charge in [-0.1, -0.05) is 52.6 Å². The van der Waals surface area contributed by atoms with Crippen molar-refractivity contribution in [3.8, 4) is 0 Å². The van der Waals surface area contributed by atoms with E-state index in [4.69, 9.17) is 32.8 Å². The highest BCUT2D eigenvalue weighted by atomic mass is 35.5. The Hall–Kier alpha value is -2.41. The second-order valence-corrected chi connectivity index (χ2v) is 6.59. The second kappa shape index (κ2) is 9.50. The van der Waals surface area contributed by atoms with Gasteiger partial charge in [0, 0.05) is 15.6 Å². The van der Waals surface area contributed by atoms with E-state index in [9.17, 15) is 0 Å². The summed E-state index contributed by atoms with van der Waals surface area (Å²) >= 11 is 12.4. The van der Waals surface area contributed by atoms with Gasteiger partial charge in [-0.3, -0.25) is 4.68 Å². The lowest BCUT2D eigenvalue weighted by molar-refractivity contribution is 0.0257. The highest BCUT2D eigenvalue weighted by Gasteiger charge is 2.17. The molecule has 0 bridgehead atoms. The van der Waals surface area contributed by atoms with E-state index in [1.54, 1.807) is 29.4 Å². The number of ether oxygens (including phenoxy) is 1. The molecule has 0 aliphatic rings. The van der Waals surface area contributed by atoms with Crippen LogP contribution in [0.1, 0.15) is 22.8 Å². The van der Waals surface area contributed by atoms with Gasteiger partial charge in [0.05, 0.1) is 19.4 Å². The molecule has 0 N–H and O–H groups in total. The van der Waals surface area contributed by atoms with Crippen LogP contribution in [0.2, 0.25) is 10.0 Å². The Morgan fingerprint density at radius 2 is 2.11 bits per heavy atom. The molecule has 3 aromatic rings. The summed E-state index contributed by atoms with van der Waals surface area (Å²) in [6.45, 7) is 0.874. The lowest BCUT2D eigenvalue weighted by Crippen LogP contribution is -2.14. The van der Waals surface area contributed by atoms with Crippen molar-refractivity contribution in [1.82, 2.24) is 14.8 Å². The van der Waals surface area contributed by atoms with Gasteiger partial charge in [-0.05, 0) is 29.3 Å². The number of nitrogens with zero attached hydrogens (tertiary/aromatic N) is 4. The zero-order chi connectivity index (χ0) is 19.1. The Bertz CT molecular complexity index is 900. The molecule has 1 unspecified atom stereocenters. The van der Waals surface area contributed by atoms with E-state index in [1.807, 2.05) is 30.3 Å². The van der Waals surface area contributed by atoms with E-state index in [0.29, 0.717) is 23.2 Å². The SMILES string of the molecule is CON=Cc1cccc(COC(Cn2cncn2)c2ccc(Cl)cc2Cl)c1. The smallest absolute Gasteiger partial charge is 0.137 e. The summed E-state index contributed by atoms with van der Waals surface area (Å²) in [4.78, 5) is 8.70. The molecule has 27 heavy (non-hydrogen) atoms. The highest BCUT2D eigenvalue weighted by Crippen LogP contribution is 2.30. The van der Waals surface area contributed by atoms with Gasteiger partial charge < -0.3 is 9.57 Å². The van der Waals surface area contributed by atoms with E-state index >= 15 is 0 Å². The minimum atomic E-state index is -0.312. The van der Waals surface area contributed by atoms with Crippen molar-refractivity contribution in [2.45, 2.75) is 19.3 Å². The first-order valence-electron chi connectivity index (χ1n) is 8.20. The molecular formula is C19H18Cl2N4O2. The highest BCUT2D eigenvalue weighted by molar-refractivity contribution is 6.35. The first-order valence-corrected chi connectivity index (χ1v) is 8.95. The maximum Gasteiger partial charge on any atom is 0.137 e. The van der Waals surface area contributed by atoms with Crippen LogP contribution in [0.15, 0.2) is 60.3 Å². The summed E-state index contributed by atoms with van der Waals surface area (Å²) in [6, 6.07) is 13.2. The van der Waals surface area contributed by atoms with Crippen molar-refractivity contribution >= 4 is 29.4 Å². The molecule has 1 atom stereocenters. The van der Waals surface area contributed by atoms with E-state index < -0.39 is 0 Å². The summed E-state index contributed by atoms with van der Waals surface area (Å²) in [5, 5.41) is 9.06. The van der Waals surface area contributed by atoms with Gasteiger partial charge in [0.2, 0.25) is 0 Å². The van der Waals surface area contributed by atoms with E-state index in [1.165, 1.54) is 13.4 Å². The molecule has 0 aliphatic carbocycles. The minimum Gasteiger partial charge on any atom is -0.399 e. The van der Waals surface area contributed by atoms with E-state index in [2.05, 4.69) is 15.2 Å². The zero-order valence-electron chi connectivity index (χ0n) is 14.6. The maximum absolute atomic E-state index is 6.39. The molecule has 140 valence electrons. The van der Waals surface area contributed by atoms with Crippen LogP contribution in [0.5, 0.6) is 0 Å². The first kappa shape index (κ1) is 19.4. The standard InChI is InChI=1S/C19H18Cl2N4O2/c1-26-24-9-14-3-2-4-15(7-14)11-27-19(10-25-13-22-12-23-25)17-6-5-16(20)8-18(17)21/h2-9,12-13,19H,10-11H2,1H3. The fraction of sp³-hybridized carbons (Fsp3) is 0.211. The van der Waals surface area contributed by atoms with Gasteiger partial charge in [0.1, 0.15) is 25.9 Å². The summed E-state index contributed by atoms with van der Waals surface area (Å²) < 4.78 is 7.88. The van der Waals surface area contributed by atoms with E-state index in [-0.39, 0.29) is 6.10 Å². The van der Waals surface area contributed by atoms with Gasteiger partial charge in [0.15, 0.2) is 0 Å². The molecule has 3 rings (SSSR count). The molecule has 1 heterocycles. The fourth-order valence-electron chi connectivity index (χ4n) is 2.57. The third-order valence-corrected chi connectivity index (χ3v) is 4.40. The molecule has 8 heteroatoms. The molecule has 2 aromatic carbocycles. The van der Waals surface area contributed by atoms with Crippen molar-refractivity contribution in [3.05, 3.63) is 81.9 Å². The quantitative estimate of drug-likeness (QED) is 0.408. The molecule has 0 radical (unpaired) electrons. The average molecular weight is 405 g/mol. The third-order valence-electron chi connectivity index (χ3n) is 3.84. The van der Waals surface area contributed by atoms with Crippen molar-refractivity contribution in [1.29, 1.82) is 0 Å². The van der Waals surface area contributed by atoms with Crippen LogP contribution < -0.4 is 0 Å². The molecule has 0 spiro atoms. The number of hydrogen-bond donors (Lipinski definition) is 0. The van der Waals surface area contributed by atoms with Gasteiger partial charge in [-0.2, -0.15) is 5.10 Å². The summed E-state index contributed by atoms with van der Waals surface area (Å²) in [7, 11) is 1.51. The van der Waals surface area contributed by atoms with Crippen LogP contribution in [0, 0.1) is 0 Å². The normalized spacial score (nSPS) is 12.4. The topological polar surface area (TPSA) is 61.5 Å². The molecule has 0 fully saturated rings. The van der Waals surface area contributed by atoms with Crippen LogP contribution in [0.25, 0.3) is 0 Å². The van der Waals surface area contributed by atoms with Gasteiger partial charge in [-0.15, -0.1) is 0 Å². The molecule has 0 saturated carbocycles. The van der Waals surface area contributed by atoms with Crippen LogP contribution in [0.3, 0.4) is 0 Å². The molecular weight excluding hydrogens is 387 g/mol. The molecule has 0 amide bonds. The monoisotopic (exact) mass is 404 g/mol. The Labute approximate surface area is 167 Å². The molecule has 6 nitrogen and oxygen atoms in total. The Morgan fingerprint density at radius 3 is 2.85 bits per heavy atom. The van der Waals surface area contributed by atoms with Gasteiger partial charge in [-0.25, -0.2) is 4.98 Å². The van der Waals surface area contributed by atoms with Crippen LogP contribution >= 0.6 is 23.2 Å². The number of aromatic nitrogens is 3. The van der Waals surface area contributed by atoms with Crippen LogP contribution in [-0.2, 0) is 22.7 Å². The minimum absolute atomic E-state index is 0.312. The fourth-order valence-corrected chi connectivity index (χ4v) is 3.10. The number of oxime groups is 1. The largest absolute Gasteiger partial charge is 0.399 e. The van der Waals surface area contributed by atoms with Crippen molar-refractivity contribution in [2.75, 3.05) is 7.11 Å². The summed E-state index contributed by atoms with van der Waals surface area (Å²) in [6.07, 6.45) is 4.46. The molecule has 0 aliphatic heterocycles. The maximum atomic E-state index is 6.39. The van der Waals surface area contributed by atoms with Gasteiger partial charge in [0.25, 0.3) is 0 Å². The Balaban J connectivity index is 1.78. The lowest BCUT2D eigenvalue weighted by Gasteiger charge is -2.20. The predicted molar refractivity (Wildman–Crippen MR) is 105 cm³/mol. The zero-order valence-corrected chi connectivity index (χ0v) is 16.1. The van der Waals surface area contributed by atoms with Crippen molar-refractivity contribution in [2.24, 2.45) is 5.16 Å². The van der Waals surface area contributed by atoms with Crippen molar-refractivity contribution < 1.29 is 9.57 Å².